The van der Waals surface area contributed by atoms with Gasteiger partial charge in [0.05, 0.1) is 0 Å². The van der Waals surface area contributed by atoms with Gasteiger partial charge in [-0.05, 0) is 45.4 Å². The van der Waals surface area contributed by atoms with Crippen molar-refractivity contribution >= 4 is 26.7 Å². The van der Waals surface area contributed by atoms with E-state index in [1.807, 2.05) is 12.1 Å². The van der Waals surface area contributed by atoms with Crippen molar-refractivity contribution in [3.05, 3.63) is 34.3 Å². The molecule has 0 amide bonds. The van der Waals surface area contributed by atoms with Crippen LogP contribution in [0.3, 0.4) is 0 Å². The van der Waals surface area contributed by atoms with Gasteiger partial charge in [0.15, 0.2) is 11.5 Å². The number of phenolic OH excluding ortho intramolecular Hbond substituents is 2. The number of aryl methyl sites for hydroxylation is 1. The number of rotatable bonds is 2. The van der Waals surface area contributed by atoms with Crippen molar-refractivity contribution < 1.29 is 10.2 Å². The fourth-order valence-electron chi connectivity index (χ4n) is 1.82. The molecule has 0 atom stereocenters. The molecule has 2 aromatic rings. The summed E-state index contributed by atoms with van der Waals surface area (Å²) >= 11 is 3.55. The van der Waals surface area contributed by atoms with Gasteiger partial charge in [-0.2, -0.15) is 0 Å². The summed E-state index contributed by atoms with van der Waals surface area (Å²) < 4.78 is 1.00. The van der Waals surface area contributed by atoms with Gasteiger partial charge in [0, 0.05) is 9.86 Å². The summed E-state index contributed by atoms with van der Waals surface area (Å²) in [4.78, 5) is 0. The van der Waals surface area contributed by atoms with Gasteiger partial charge in [-0.1, -0.05) is 25.5 Å². The van der Waals surface area contributed by atoms with E-state index < -0.39 is 0 Å². The average molecular weight is 281 g/mol. The Hall–Kier alpha value is -1.22. The van der Waals surface area contributed by atoms with Crippen LogP contribution < -0.4 is 0 Å². The lowest BCUT2D eigenvalue weighted by Gasteiger charge is -2.08. The van der Waals surface area contributed by atoms with Crippen LogP contribution in [0.15, 0.2) is 28.7 Å². The Balaban J connectivity index is 2.69. The number of aromatic hydroxyl groups is 2. The van der Waals surface area contributed by atoms with Crippen molar-refractivity contribution in [3.63, 3.8) is 0 Å². The second-order valence-electron chi connectivity index (χ2n) is 3.85. The minimum atomic E-state index is -0.0816. The summed E-state index contributed by atoms with van der Waals surface area (Å²) in [6.07, 6.45) is 2.08. The molecule has 0 fully saturated rings. The third-order valence-corrected chi connectivity index (χ3v) is 3.58. The van der Waals surface area contributed by atoms with E-state index in [1.165, 1.54) is 5.56 Å². The molecule has 0 aliphatic carbocycles. The number of fused-ring (bicyclic) bond motifs is 1. The third-order valence-electron chi connectivity index (χ3n) is 2.65. The normalized spacial score (nSPS) is 10.9. The lowest BCUT2D eigenvalue weighted by molar-refractivity contribution is 0.405. The Bertz CT molecular complexity index is 535. The number of phenols is 2. The predicted octanol–water partition coefficient (Wildman–Crippen LogP) is 3.97. The van der Waals surface area contributed by atoms with Gasteiger partial charge >= 0.3 is 0 Å². The number of halogens is 1. The van der Waals surface area contributed by atoms with Crippen LogP contribution in [0.2, 0.25) is 0 Å². The standard InChI is InChI=1S/C13H13BrO2/c1-2-3-8-4-5-9-6-11(15)12(16)7-10(9)13(8)14/h4-7,15-16H,2-3H2,1H3. The molecule has 16 heavy (non-hydrogen) atoms. The molecule has 2 rings (SSSR count). The van der Waals surface area contributed by atoms with E-state index >= 15 is 0 Å². The highest BCUT2D eigenvalue weighted by Crippen LogP contribution is 2.35. The molecule has 0 aliphatic rings. The van der Waals surface area contributed by atoms with Gasteiger partial charge in [0.2, 0.25) is 0 Å². The van der Waals surface area contributed by atoms with E-state index in [4.69, 9.17) is 0 Å². The first-order valence-electron chi connectivity index (χ1n) is 5.26. The van der Waals surface area contributed by atoms with Crippen LogP contribution in [0.4, 0.5) is 0 Å². The first kappa shape index (κ1) is 11.3. The van der Waals surface area contributed by atoms with Crippen molar-refractivity contribution in [2.24, 2.45) is 0 Å². The molecular weight excluding hydrogens is 268 g/mol. The Morgan fingerprint density at radius 3 is 2.50 bits per heavy atom. The maximum Gasteiger partial charge on any atom is 0.158 e. The molecule has 0 aromatic heterocycles. The average Bonchev–Trinajstić information content (AvgIpc) is 2.26. The molecule has 0 spiro atoms. The minimum Gasteiger partial charge on any atom is -0.504 e. The molecule has 2 nitrogen and oxygen atoms in total. The summed E-state index contributed by atoms with van der Waals surface area (Å²) in [5, 5.41) is 20.8. The zero-order valence-corrected chi connectivity index (χ0v) is 10.6. The molecule has 3 heteroatoms. The second kappa shape index (κ2) is 4.34. The lowest BCUT2D eigenvalue weighted by Crippen LogP contribution is -1.87. The van der Waals surface area contributed by atoms with Gasteiger partial charge in [-0.15, -0.1) is 0 Å². The number of benzene rings is 2. The predicted molar refractivity (Wildman–Crippen MR) is 69.0 cm³/mol. The lowest BCUT2D eigenvalue weighted by atomic mass is 10.0. The van der Waals surface area contributed by atoms with Crippen LogP contribution in [0.1, 0.15) is 18.9 Å². The minimum absolute atomic E-state index is 0.0809. The van der Waals surface area contributed by atoms with E-state index in [-0.39, 0.29) is 11.5 Å². The molecule has 0 bridgehead atoms. The van der Waals surface area contributed by atoms with E-state index in [2.05, 4.69) is 22.9 Å². The van der Waals surface area contributed by atoms with Gasteiger partial charge in [-0.3, -0.25) is 0 Å². The van der Waals surface area contributed by atoms with E-state index in [0.717, 1.165) is 28.1 Å². The fraction of sp³-hybridized carbons (Fsp3) is 0.231. The summed E-state index contributed by atoms with van der Waals surface area (Å²) in [7, 11) is 0. The molecule has 84 valence electrons. The quantitative estimate of drug-likeness (QED) is 0.818. The Labute approximate surface area is 103 Å². The zero-order valence-electron chi connectivity index (χ0n) is 9.00. The van der Waals surface area contributed by atoms with Crippen molar-refractivity contribution in [2.45, 2.75) is 19.8 Å². The number of hydrogen-bond acceptors (Lipinski definition) is 2. The molecule has 0 saturated carbocycles. The Morgan fingerprint density at radius 1 is 1.12 bits per heavy atom. The zero-order chi connectivity index (χ0) is 11.7. The first-order valence-corrected chi connectivity index (χ1v) is 6.06. The van der Waals surface area contributed by atoms with Crippen LogP contribution in [0, 0.1) is 0 Å². The topological polar surface area (TPSA) is 40.5 Å². The second-order valence-corrected chi connectivity index (χ2v) is 4.64. The maximum absolute atomic E-state index is 9.49. The van der Waals surface area contributed by atoms with Crippen molar-refractivity contribution in [1.29, 1.82) is 0 Å². The largest absolute Gasteiger partial charge is 0.504 e. The SMILES string of the molecule is CCCc1ccc2cc(O)c(O)cc2c1Br. The van der Waals surface area contributed by atoms with Crippen LogP contribution in [0.25, 0.3) is 10.8 Å². The van der Waals surface area contributed by atoms with Gasteiger partial charge in [0.1, 0.15) is 0 Å². The molecule has 2 N–H and O–H groups in total. The fourth-order valence-corrected chi connectivity index (χ4v) is 2.49. The maximum atomic E-state index is 9.49. The molecule has 0 heterocycles. The number of hydrogen-bond donors (Lipinski definition) is 2. The van der Waals surface area contributed by atoms with E-state index in [1.54, 1.807) is 12.1 Å². The van der Waals surface area contributed by atoms with Crippen molar-refractivity contribution in [1.82, 2.24) is 0 Å². The van der Waals surface area contributed by atoms with Gasteiger partial charge < -0.3 is 10.2 Å². The highest BCUT2D eigenvalue weighted by Gasteiger charge is 2.08. The Kier molecular flexibility index (Phi) is 3.06. The van der Waals surface area contributed by atoms with Crippen LogP contribution >= 0.6 is 15.9 Å². The summed E-state index contributed by atoms with van der Waals surface area (Å²) in [6.45, 7) is 2.13. The molecule has 0 saturated heterocycles. The molecule has 0 radical (unpaired) electrons. The highest BCUT2D eigenvalue weighted by molar-refractivity contribution is 9.10. The first-order chi connectivity index (χ1) is 7.63. The van der Waals surface area contributed by atoms with Crippen LogP contribution in [-0.4, -0.2) is 10.2 Å². The smallest absolute Gasteiger partial charge is 0.158 e. The molecular formula is C13H13BrO2. The molecule has 0 aliphatic heterocycles. The van der Waals surface area contributed by atoms with Crippen LogP contribution in [-0.2, 0) is 6.42 Å². The highest BCUT2D eigenvalue weighted by atomic mass is 79.9. The third kappa shape index (κ3) is 1.87. The summed E-state index contributed by atoms with van der Waals surface area (Å²) in [5.41, 5.74) is 1.22. The van der Waals surface area contributed by atoms with Crippen LogP contribution in [0.5, 0.6) is 11.5 Å². The molecule has 2 aromatic carbocycles. The molecule has 0 unspecified atom stereocenters. The van der Waals surface area contributed by atoms with Crippen molar-refractivity contribution in [3.8, 4) is 11.5 Å². The monoisotopic (exact) mass is 280 g/mol. The Morgan fingerprint density at radius 2 is 1.81 bits per heavy atom. The van der Waals surface area contributed by atoms with Gasteiger partial charge in [-0.25, -0.2) is 0 Å². The van der Waals surface area contributed by atoms with E-state index in [0.29, 0.717) is 0 Å². The van der Waals surface area contributed by atoms with Crippen molar-refractivity contribution in [2.75, 3.05) is 0 Å². The summed E-state index contributed by atoms with van der Waals surface area (Å²) in [5.74, 6) is -0.163. The van der Waals surface area contributed by atoms with Gasteiger partial charge in [0.25, 0.3) is 0 Å². The summed E-state index contributed by atoms with van der Waals surface area (Å²) in [6, 6.07) is 7.18. The van der Waals surface area contributed by atoms with E-state index in [9.17, 15) is 10.2 Å².